The Morgan fingerprint density at radius 2 is 1.50 bits per heavy atom. The van der Waals surface area contributed by atoms with E-state index in [0.717, 1.165) is 0 Å². The summed E-state index contributed by atoms with van der Waals surface area (Å²) in [7, 11) is 0. The van der Waals surface area contributed by atoms with Gasteiger partial charge in [0.15, 0.2) is 0 Å². The van der Waals surface area contributed by atoms with Crippen LogP contribution in [-0.2, 0) is 26.2 Å². The summed E-state index contributed by atoms with van der Waals surface area (Å²) in [6.45, 7) is 4.31. The summed E-state index contributed by atoms with van der Waals surface area (Å²) < 4.78 is 0. The van der Waals surface area contributed by atoms with Crippen LogP contribution in [0.4, 0.5) is 0 Å². The Morgan fingerprint density at radius 1 is 0.917 bits per heavy atom. The molecule has 0 saturated carbocycles. The van der Waals surface area contributed by atoms with E-state index >= 15 is 0 Å². The minimum atomic E-state index is 0. The van der Waals surface area contributed by atoms with Crippen LogP contribution in [0.25, 0.3) is 6.08 Å². The van der Waals surface area contributed by atoms with E-state index < -0.39 is 0 Å². The van der Waals surface area contributed by atoms with E-state index in [9.17, 15) is 0 Å². The number of aryl methyl sites for hydroxylation is 2. The van der Waals surface area contributed by atoms with Crippen molar-refractivity contribution in [1.82, 2.24) is 0 Å². The summed E-state index contributed by atoms with van der Waals surface area (Å²) in [5.41, 5.74) is 5.47. The summed E-state index contributed by atoms with van der Waals surface area (Å²) >= 11 is 0. The van der Waals surface area contributed by atoms with E-state index in [2.05, 4.69) is 44.6 Å². The Hall–Kier alpha value is -0.157. The molecular weight excluding hydrogens is 223 g/mol. The van der Waals surface area contributed by atoms with E-state index in [1.165, 1.54) is 22.3 Å². The molecule has 0 saturated heterocycles. The van der Waals surface area contributed by atoms with Crippen molar-refractivity contribution < 1.29 is 26.2 Å². The van der Waals surface area contributed by atoms with Crippen molar-refractivity contribution in [1.29, 1.82) is 0 Å². The largest absolute Gasteiger partial charge is 0.0755 e. The molecule has 1 aromatic rings. The maximum Gasteiger partial charge on any atom is 0.0131 e. The molecule has 0 spiro atoms. The van der Waals surface area contributed by atoms with Crippen LogP contribution in [0.1, 0.15) is 22.3 Å². The average molecular weight is 234 g/mol. The standard InChI is InChI=1S/C11H11.Zr/c1-8-6-10-4-3-5-11(10)7-9(8)2;/h3-7H,1-2H3;. The van der Waals surface area contributed by atoms with Gasteiger partial charge in [-0.15, -0.1) is 0 Å². The second-order valence-corrected chi connectivity index (χ2v) is 3.09. The minimum Gasteiger partial charge on any atom is -0.0755 e. The van der Waals surface area contributed by atoms with Gasteiger partial charge < -0.3 is 0 Å². The zero-order valence-corrected chi connectivity index (χ0v) is 9.84. The molecule has 0 unspecified atom stereocenters. The van der Waals surface area contributed by atoms with Crippen molar-refractivity contribution >= 4 is 6.08 Å². The van der Waals surface area contributed by atoms with Gasteiger partial charge in [0.25, 0.3) is 0 Å². The van der Waals surface area contributed by atoms with Crippen LogP contribution in [0.2, 0.25) is 0 Å². The van der Waals surface area contributed by atoms with Crippen LogP contribution in [0, 0.1) is 20.3 Å². The molecule has 0 amide bonds. The van der Waals surface area contributed by atoms with Gasteiger partial charge in [-0.2, -0.15) is 0 Å². The Bertz CT molecular complexity index is 324. The van der Waals surface area contributed by atoms with E-state index in [1.807, 2.05) is 0 Å². The molecule has 0 heterocycles. The first-order chi connectivity index (χ1) is 5.27. The third-order valence-electron chi connectivity index (χ3n) is 2.25. The smallest absolute Gasteiger partial charge is 0.0131 e. The minimum absolute atomic E-state index is 0. The molecule has 0 fully saturated rings. The first-order valence-corrected chi connectivity index (χ1v) is 3.90. The van der Waals surface area contributed by atoms with Gasteiger partial charge in [-0.3, -0.25) is 0 Å². The van der Waals surface area contributed by atoms with Crippen molar-refractivity contribution in [3.05, 3.63) is 46.9 Å². The Labute approximate surface area is 92.8 Å². The molecule has 12 heavy (non-hydrogen) atoms. The van der Waals surface area contributed by atoms with Crippen LogP contribution in [0.3, 0.4) is 0 Å². The fourth-order valence-electron chi connectivity index (χ4n) is 1.40. The van der Waals surface area contributed by atoms with Gasteiger partial charge in [-0.05, 0) is 36.1 Å². The van der Waals surface area contributed by atoms with Crippen molar-refractivity contribution in [2.24, 2.45) is 0 Å². The molecule has 1 aromatic carbocycles. The predicted octanol–water partition coefficient (Wildman–Crippen LogP) is 2.88. The molecule has 1 aliphatic carbocycles. The molecular formula is C11H11Zr. The predicted molar refractivity (Wildman–Crippen MR) is 48.4 cm³/mol. The summed E-state index contributed by atoms with van der Waals surface area (Å²) in [4.78, 5) is 0. The number of allylic oxidation sites excluding steroid dienone is 1. The van der Waals surface area contributed by atoms with Gasteiger partial charge in [0.2, 0.25) is 0 Å². The quantitative estimate of drug-likeness (QED) is 0.647. The molecule has 0 bridgehead atoms. The zero-order chi connectivity index (χ0) is 7.84. The van der Waals surface area contributed by atoms with Crippen molar-refractivity contribution in [3.8, 4) is 0 Å². The van der Waals surface area contributed by atoms with Crippen molar-refractivity contribution in [2.75, 3.05) is 0 Å². The summed E-state index contributed by atoms with van der Waals surface area (Å²) in [5, 5.41) is 0. The summed E-state index contributed by atoms with van der Waals surface area (Å²) in [5.74, 6) is 0. The molecule has 1 aliphatic rings. The van der Waals surface area contributed by atoms with Crippen molar-refractivity contribution in [2.45, 2.75) is 13.8 Å². The molecule has 0 atom stereocenters. The normalized spacial score (nSPS) is 12.5. The zero-order valence-electron chi connectivity index (χ0n) is 7.39. The molecule has 0 aromatic heterocycles. The molecule has 0 nitrogen and oxygen atoms in total. The number of hydrogen-bond acceptors (Lipinski definition) is 0. The van der Waals surface area contributed by atoms with E-state index in [0.29, 0.717) is 0 Å². The van der Waals surface area contributed by atoms with Crippen LogP contribution in [-0.4, -0.2) is 0 Å². The maximum absolute atomic E-state index is 2.24. The molecule has 1 radical (unpaired) electrons. The maximum atomic E-state index is 2.24. The summed E-state index contributed by atoms with van der Waals surface area (Å²) in [6, 6.07) is 4.48. The Kier molecular flexibility index (Phi) is 3.06. The number of rotatable bonds is 0. The van der Waals surface area contributed by atoms with Gasteiger partial charge >= 0.3 is 0 Å². The molecule has 0 aliphatic heterocycles. The SMILES string of the molecule is Cc1cc2c(cc1C)C=C[CH]2.[Zr]. The fraction of sp³-hybridized carbons (Fsp3) is 0.182. The van der Waals surface area contributed by atoms with E-state index in [-0.39, 0.29) is 26.2 Å². The first-order valence-electron chi connectivity index (χ1n) is 3.90. The van der Waals surface area contributed by atoms with Gasteiger partial charge in [0, 0.05) is 32.6 Å². The van der Waals surface area contributed by atoms with Gasteiger partial charge in [0.1, 0.15) is 0 Å². The molecule has 59 valence electrons. The molecule has 0 N–H and O–H groups in total. The second-order valence-electron chi connectivity index (χ2n) is 3.09. The van der Waals surface area contributed by atoms with Crippen LogP contribution in [0.5, 0.6) is 0 Å². The van der Waals surface area contributed by atoms with Crippen LogP contribution < -0.4 is 0 Å². The third-order valence-corrected chi connectivity index (χ3v) is 2.25. The van der Waals surface area contributed by atoms with Crippen LogP contribution in [0.15, 0.2) is 18.2 Å². The molecule has 2 rings (SSSR count). The van der Waals surface area contributed by atoms with E-state index in [1.54, 1.807) is 0 Å². The third kappa shape index (κ3) is 1.61. The Balaban J connectivity index is 0.000000720. The average Bonchev–Trinajstić information content (AvgIpc) is 2.36. The van der Waals surface area contributed by atoms with Gasteiger partial charge in [0.05, 0.1) is 0 Å². The number of hydrogen-bond donors (Lipinski definition) is 0. The fourth-order valence-corrected chi connectivity index (χ4v) is 1.40. The monoisotopic (exact) mass is 233 g/mol. The topological polar surface area (TPSA) is 0 Å². The van der Waals surface area contributed by atoms with Gasteiger partial charge in [-0.25, -0.2) is 0 Å². The van der Waals surface area contributed by atoms with Crippen molar-refractivity contribution in [3.63, 3.8) is 0 Å². The van der Waals surface area contributed by atoms with Gasteiger partial charge in [-0.1, -0.05) is 24.3 Å². The van der Waals surface area contributed by atoms with E-state index in [4.69, 9.17) is 0 Å². The molecule has 1 heteroatoms. The second kappa shape index (κ2) is 3.70. The Morgan fingerprint density at radius 3 is 2.17 bits per heavy atom. The first kappa shape index (κ1) is 9.93. The number of fused-ring (bicyclic) bond motifs is 1. The summed E-state index contributed by atoms with van der Waals surface area (Å²) in [6.07, 6.45) is 6.41. The van der Waals surface area contributed by atoms with Crippen LogP contribution >= 0.6 is 0 Å². The number of benzene rings is 1.